The number of benzene rings is 3. The second-order valence-corrected chi connectivity index (χ2v) is 16.9. The van der Waals surface area contributed by atoms with E-state index in [0.717, 1.165) is 108 Å². The van der Waals surface area contributed by atoms with Gasteiger partial charge in [-0.2, -0.15) is 10.2 Å². The molecule has 0 unspecified atom stereocenters. The molecule has 5 fully saturated rings. The summed E-state index contributed by atoms with van der Waals surface area (Å²) in [4.78, 5) is 48.1. The Bertz CT molecular complexity index is 2070. The first-order valence-corrected chi connectivity index (χ1v) is 20.4. The van der Waals surface area contributed by atoms with Gasteiger partial charge >= 0.3 is 0 Å². The van der Waals surface area contributed by atoms with Crippen molar-refractivity contribution in [2.75, 3.05) is 68.7 Å². The highest BCUT2D eigenvalue weighted by atomic mass is 16.3. The molecular weight excluding hydrogens is 703 g/mol. The number of nitrogens with one attached hydrogen (secondary N) is 1. The van der Waals surface area contributed by atoms with Crippen molar-refractivity contribution < 1.29 is 19.5 Å². The number of aromatic nitrogens is 2. The third-order valence-electron chi connectivity index (χ3n) is 13.4. The Hall–Kier alpha value is -5.29. The van der Waals surface area contributed by atoms with E-state index in [1.807, 2.05) is 24.3 Å². The number of rotatable bonds is 8. The number of hydrogen-bond acceptors (Lipinski definition) is 9. The van der Waals surface area contributed by atoms with Crippen LogP contribution in [-0.2, 0) is 19.8 Å². The van der Waals surface area contributed by atoms with E-state index >= 15 is 0 Å². The number of likely N-dealkylation sites (tertiary alicyclic amines) is 2. The lowest BCUT2D eigenvalue weighted by molar-refractivity contribution is -0.150. The smallest absolute Gasteiger partial charge is 0.234 e. The van der Waals surface area contributed by atoms with Crippen LogP contribution in [0.2, 0.25) is 0 Å². The van der Waals surface area contributed by atoms with E-state index in [2.05, 4.69) is 83.6 Å². The number of hydrogen-bond donors (Lipinski definition) is 2. The third-order valence-corrected chi connectivity index (χ3v) is 13.4. The summed E-state index contributed by atoms with van der Waals surface area (Å²) in [6, 6.07) is 27.9. The molecule has 6 heterocycles. The molecule has 0 aliphatic carbocycles. The van der Waals surface area contributed by atoms with Crippen LogP contribution in [0.15, 0.2) is 91.1 Å². The molecule has 11 nitrogen and oxygen atoms in total. The Morgan fingerprint density at radius 2 is 1.50 bits per heavy atom. The average Bonchev–Trinajstić information content (AvgIpc) is 3.65. The minimum absolute atomic E-state index is 0.178. The lowest BCUT2D eigenvalue weighted by atomic mass is 9.69. The molecule has 3 aromatic carbocycles. The topological polar surface area (TPSA) is 122 Å². The van der Waals surface area contributed by atoms with Crippen LogP contribution < -0.4 is 15.1 Å². The molecule has 290 valence electrons. The summed E-state index contributed by atoms with van der Waals surface area (Å²) in [7, 11) is 0. The lowest BCUT2D eigenvalue weighted by Crippen LogP contribution is -2.64. The summed E-state index contributed by atoms with van der Waals surface area (Å²) in [6.45, 7) is 8.48. The Morgan fingerprint density at radius 1 is 0.786 bits per heavy atom. The number of carbonyl (C=O) groups excluding carboxylic acids is 3. The maximum Gasteiger partial charge on any atom is 0.234 e. The lowest BCUT2D eigenvalue weighted by Gasteiger charge is -2.53. The molecule has 3 amide bonds. The normalized spacial score (nSPS) is 22.6. The maximum atomic E-state index is 14.6. The Labute approximate surface area is 328 Å². The van der Waals surface area contributed by atoms with Crippen molar-refractivity contribution in [2.24, 2.45) is 11.3 Å². The van der Waals surface area contributed by atoms with Gasteiger partial charge in [-0.25, -0.2) is 0 Å². The van der Waals surface area contributed by atoms with Crippen LogP contribution in [0.25, 0.3) is 11.3 Å². The summed E-state index contributed by atoms with van der Waals surface area (Å²) in [6.07, 6.45) is 7.66. The zero-order valence-corrected chi connectivity index (χ0v) is 32.0. The number of imide groups is 1. The first kappa shape index (κ1) is 36.4. The standard InChI is InChI=1S/C45H51N7O4/c53-40-9-5-4-8-38(40)39-26-36(27-46-48-39)51-24-19-45(20-25-51,34-6-2-1-3-7-34)43(56)52-30-44(31-52)18-23-49(29-44)28-32-16-21-50(22-17-32)35-12-10-33(11-13-35)37-14-15-41(54)47-42(37)55/h1-13,26-27,32,37,53H,14-25,28-31H2,(H,47,54,55)/t37-/m1/s1. The van der Waals surface area contributed by atoms with Crippen LogP contribution in [0.5, 0.6) is 5.75 Å². The van der Waals surface area contributed by atoms with Crippen LogP contribution in [0, 0.1) is 11.3 Å². The van der Waals surface area contributed by atoms with E-state index in [-0.39, 0.29) is 34.8 Å². The first-order valence-electron chi connectivity index (χ1n) is 20.4. The predicted molar refractivity (Wildman–Crippen MR) is 215 cm³/mol. The molecule has 5 aliphatic heterocycles. The van der Waals surface area contributed by atoms with Crippen molar-refractivity contribution in [3.63, 3.8) is 0 Å². The minimum Gasteiger partial charge on any atom is -0.507 e. The number of anilines is 2. The molecule has 2 N–H and O–H groups in total. The number of phenolic OH excluding ortho intramolecular Hbond substituents is 1. The van der Waals surface area contributed by atoms with Crippen molar-refractivity contribution in [3.8, 4) is 17.0 Å². The zero-order chi connectivity index (χ0) is 38.3. The summed E-state index contributed by atoms with van der Waals surface area (Å²) in [5.74, 6) is 0.505. The van der Waals surface area contributed by atoms with Crippen LogP contribution in [0.1, 0.15) is 62.0 Å². The molecular formula is C45H51N7O4. The van der Waals surface area contributed by atoms with Crippen LogP contribution in [-0.4, -0.2) is 102 Å². The summed E-state index contributed by atoms with van der Waals surface area (Å²) >= 11 is 0. The van der Waals surface area contributed by atoms with Gasteiger partial charge in [0.25, 0.3) is 0 Å². The SMILES string of the molecule is O=C1CC[C@H](c2ccc(N3CCC(CN4CCC5(C4)CN(C(=O)C4(c6ccccc6)CCN(c6cnnc(-c7ccccc7O)c6)CC4)C5)CC3)cc2)C(=O)N1. The van der Waals surface area contributed by atoms with Crippen molar-refractivity contribution in [3.05, 3.63) is 102 Å². The predicted octanol–water partition coefficient (Wildman–Crippen LogP) is 5.36. The number of aromatic hydroxyl groups is 1. The number of carbonyl (C=O) groups is 3. The highest BCUT2D eigenvalue weighted by molar-refractivity contribution is 6.01. The maximum absolute atomic E-state index is 14.6. The van der Waals surface area contributed by atoms with Gasteiger partial charge in [0.1, 0.15) is 5.75 Å². The van der Waals surface area contributed by atoms with Gasteiger partial charge in [-0.15, -0.1) is 0 Å². The van der Waals surface area contributed by atoms with Gasteiger partial charge in [-0.1, -0.05) is 54.6 Å². The average molecular weight is 754 g/mol. The summed E-state index contributed by atoms with van der Waals surface area (Å²) in [5.41, 5.74) is 5.17. The molecule has 0 radical (unpaired) electrons. The van der Waals surface area contributed by atoms with Crippen LogP contribution in [0.4, 0.5) is 11.4 Å². The van der Waals surface area contributed by atoms with E-state index < -0.39 is 5.41 Å². The molecule has 1 aromatic heterocycles. The largest absolute Gasteiger partial charge is 0.507 e. The summed E-state index contributed by atoms with van der Waals surface area (Å²) < 4.78 is 0. The number of piperidine rings is 3. The van der Waals surface area contributed by atoms with E-state index in [1.165, 1.54) is 5.69 Å². The fourth-order valence-electron chi connectivity index (χ4n) is 10.2. The van der Waals surface area contributed by atoms with Crippen molar-refractivity contribution in [1.29, 1.82) is 0 Å². The van der Waals surface area contributed by atoms with Gasteiger partial charge in [0, 0.05) is 75.4 Å². The Morgan fingerprint density at radius 3 is 2.23 bits per heavy atom. The van der Waals surface area contributed by atoms with Gasteiger partial charge in [0.15, 0.2) is 0 Å². The second kappa shape index (κ2) is 15.0. The van der Waals surface area contributed by atoms with Crippen molar-refractivity contribution in [1.82, 2.24) is 25.3 Å². The highest BCUT2D eigenvalue weighted by Crippen LogP contribution is 2.46. The molecule has 4 aromatic rings. The van der Waals surface area contributed by atoms with E-state index in [4.69, 9.17) is 0 Å². The van der Waals surface area contributed by atoms with Gasteiger partial charge in [-0.05, 0) is 92.4 Å². The van der Waals surface area contributed by atoms with Crippen LogP contribution in [0.3, 0.4) is 0 Å². The number of amides is 3. The van der Waals surface area contributed by atoms with Gasteiger partial charge in [0.2, 0.25) is 17.7 Å². The quantitative estimate of drug-likeness (QED) is 0.229. The molecule has 9 rings (SSSR count). The zero-order valence-electron chi connectivity index (χ0n) is 32.0. The number of phenols is 1. The van der Waals surface area contributed by atoms with Crippen LogP contribution >= 0.6 is 0 Å². The van der Waals surface area contributed by atoms with Gasteiger partial charge < -0.3 is 24.7 Å². The highest BCUT2D eigenvalue weighted by Gasteiger charge is 2.54. The number of para-hydroxylation sites is 1. The fourth-order valence-corrected chi connectivity index (χ4v) is 10.2. The second-order valence-electron chi connectivity index (χ2n) is 16.9. The first-order chi connectivity index (χ1) is 27.3. The van der Waals surface area contributed by atoms with E-state index in [9.17, 15) is 19.5 Å². The summed E-state index contributed by atoms with van der Waals surface area (Å²) in [5, 5.41) is 21.5. The molecule has 56 heavy (non-hydrogen) atoms. The molecule has 1 spiro atoms. The van der Waals surface area contributed by atoms with E-state index in [0.29, 0.717) is 30.0 Å². The Balaban J connectivity index is 0.783. The molecule has 5 aliphatic rings. The van der Waals surface area contributed by atoms with Gasteiger partial charge in [-0.3, -0.25) is 19.7 Å². The minimum atomic E-state index is -0.558. The van der Waals surface area contributed by atoms with E-state index in [1.54, 1.807) is 18.3 Å². The molecule has 0 bridgehead atoms. The monoisotopic (exact) mass is 753 g/mol. The third kappa shape index (κ3) is 7.02. The number of nitrogens with zero attached hydrogens (tertiary/aromatic N) is 6. The van der Waals surface area contributed by atoms with Crippen molar-refractivity contribution in [2.45, 2.75) is 56.3 Å². The molecule has 11 heteroatoms. The molecule has 1 atom stereocenters. The molecule has 0 saturated carbocycles. The van der Waals surface area contributed by atoms with Crippen molar-refractivity contribution >= 4 is 29.1 Å². The van der Waals surface area contributed by atoms with Gasteiger partial charge in [0.05, 0.1) is 28.9 Å². The Kier molecular flexibility index (Phi) is 9.73. The molecule has 5 saturated heterocycles. The fraction of sp³-hybridized carbons (Fsp3) is 0.444.